The number of barbiturate groups is 1. The lowest BCUT2D eigenvalue weighted by molar-refractivity contribution is -0.149. The third kappa shape index (κ3) is 5.82. The highest BCUT2D eigenvalue weighted by Gasteiger charge is 2.56. The average Bonchev–Trinajstić information content (AvgIpc) is 2.98. The van der Waals surface area contributed by atoms with Crippen molar-refractivity contribution in [2.24, 2.45) is 0 Å². The van der Waals surface area contributed by atoms with Crippen molar-refractivity contribution in [2.45, 2.75) is 10.4 Å². The van der Waals surface area contributed by atoms with Crippen LogP contribution in [0.5, 0.6) is 11.5 Å². The van der Waals surface area contributed by atoms with E-state index in [1.54, 1.807) is 65.6 Å². The normalized spacial score (nSPS) is 17.5. The summed E-state index contributed by atoms with van der Waals surface area (Å²) in [5.74, 6) is -0.462. The van der Waals surface area contributed by atoms with E-state index in [0.717, 1.165) is 5.69 Å². The van der Waals surface area contributed by atoms with Crippen LogP contribution in [0.3, 0.4) is 0 Å². The van der Waals surface area contributed by atoms with Gasteiger partial charge in [-0.15, -0.1) is 0 Å². The van der Waals surface area contributed by atoms with Gasteiger partial charge in [-0.1, -0.05) is 23.7 Å². The minimum Gasteiger partial charge on any atom is -0.457 e. The molecule has 2 aliphatic heterocycles. The van der Waals surface area contributed by atoms with Gasteiger partial charge in [0.05, 0.1) is 11.5 Å². The molecular weight excluding hydrogens is 586 g/mol. The highest BCUT2D eigenvalue weighted by molar-refractivity contribution is 7.89. The number of urea groups is 1. The number of carbonyl (C=O) groups is 3. The molecule has 2 heterocycles. The number of rotatable bonds is 9. The van der Waals surface area contributed by atoms with Gasteiger partial charge in [-0.25, -0.2) is 17.9 Å². The van der Waals surface area contributed by atoms with E-state index in [0.29, 0.717) is 35.2 Å². The van der Waals surface area contributed by atoms with Gasteiger partial charge in [0, 0.05) is 43.4 Å². The van der Waals surface area contributed by atoms with Gasteiger partial charge in [0.1, 0.15) is 11.5 Å². The number of aliphatic hydroxyl groups excluding tert-OH is 1. The lowest BCUT2D eigenvalue weighted by atomic mass is 9.84. The molecule has 2 saturated heterocycles. The van der Waals surface area contributed by atoms with Crippen molar-refractivity contribution in [3.63, 3.8) is 0 Å². The van der Waals surface area contributed by atoms with Crippen LogP contribution >= 0.6 is 11.6 Å². The fourth-order valence-corrected chi connectivity index (χ4v) is 6.20. The molecule has 0 atom stereocenters. The molecule has 0 aliphatic carbocycles. The van der Waals surface area contributed by atoms with Crippen LogP contribution in [-0.4, -0.2) is 75.6 Å². The standard InChI is InChI=1S/C28H28ClN5O7S/c29-20-3-9-23(10-4-20)41-22-7-1-19(2-8-22)28(25(36)31-27(38)32-26(28)37)34-16-14-33(15-17-34)21-5-11-24(12-6-21)42(39,40)30-13-18-35/h1-12,30,35H,13-18H2,(H2,31,32,36,37,38). The molecule has 0 radical (unpaired) electrons. The number of amides is 4. The Morgan fingerprint density at radius 2 is 1.38 bits per heavy atom. The first-order valence-electron chi connectivity index (χ1n) is 13.0. The van der Waals surface area contributed by atoms with Crippen LogP contribution in [0, 0.1) is 0 Å². The zero-order valence-corrected chi connectivity index (χ0v) is 23.8. The maximum absolute atomic E-state index is 13.4. The first-order chi connectivity index (χ1) is 20.1. The maximum atomic E-state index is 13.4. The zero-order valence-electron chi connectivity index (χ0n) is 22.2. The quantitative estimate of drug-likeness (QED) is 0.264. The number of ether oxygens (including phenoxy) is 1. The predicted molar refractivity (Wildman–Crippen MR) is 154 cm³/mol. The van der Waals surface area contributed by atoms with Crippen LogP contribution in [0.15, 0.2) is 77.7 Å². The van der Waals surface area contributed by atoms with Gasteiger partial charge in [0.15, 0.2) is 0 Å². The van der Waals surface area contributed by atoms with Crippen molar-refractivity contribution in [1.29, 1.82) is 0 Å². The summed E-state index contributed by atoms with van der Waals surface area (Å²) >= 11 is 5.94. The molecule has 12 nitrogen and oxygen atoms in total. The summed E-state index contributed by atoms with van der Waals surface area (Å²) < 4.78 is 32.8. The van der Waals surface area contributed by atoms with Gasteiger partial charge in [-0.05, 0) is 66.2 Å². The maximum Gasteiger partial charge on any atom is 0.328 e. The number of sulfonamides is 1. The van der Waals surface area contributed by atoms with Crippen molar-refractivity contribution >= 4 is 45.2 Å². The van der Waals surface area contributed by atoms with E-state index < -0.39 is 33.4 Å². The van der Waals surface area contributed by atoms with Gasteiger partial charge in [-0.3, -0.25) is 25.1 Å². The van der Waals surface area contributed by atoms with Crippen LogP contribution in [-0.2, 0) is 25.2 Å². The van der Waals surface area contributed by atoms with E-state index in [2.05, 4.69) is 15.4 Å². The van der Waals surface area contributed by atoms with E-state index in [1.165, 1.54) is 12.1 Å². The second-order valence-electron chi connectivity index (χ2n) is 9.62. The average molecular weight is 614 g/mol. The molecular formula is C28H28ClN5O7S. The van der Waals surface area contributed by atoms with Gasteiger partial charge in [0.25, 0.3) is 11.8 Å². The highest BCUT2D eigenvalue weighted by Crippen LogP contribution is 2.35. The van der Waals surface area contributed by atoms with E-state index in [-0.39, 0.29) is 31.1 Å². The third-order valence-electron chi connectivity index (χ3n) is 7.10. The number of anilines is 1. The minimum absolute atomic E-state index is 0.0704. The Kier molecular flexibility index (Phi) is 8.48. The Morgan fingerprint density at radius 1 is 0.833 bits per heavy atom. The fraction of sp³-hybridized carbons (Fsp3) is 0.250. The Labute approximate surface area is 247 Å². The number of hydrogen-bond acceptors (Lipinski definition) is 9. The third-order valence-corrected chi connectivity index (χ3v) is 8.83. The minimum atomic E-state index is -3.74. The molecule has 3 aromatic rings. The number of imide groups is 2. The van der Waals surface area contributed by atoms with Crippen molar-refractivity contribution < 1.29 is 32.6 Å². The Morgan fingerprint density at radius 3 is 1.93 bits per heavy atom. The molecule has 0 bridgehead atoms. The molecule has 0 saturated carbocycles. The second-order valence-corrected chi connectivity index (χ2v) is 11.8. The highest BCUT2D eigenvalue weighted by atomic mass is 35.5. The molecule has 0 spiro atoms. The lowest BCUT2D eigenvalue weighted by Crippen LogP contribution is -2.73. The van der Waals surface area contributed by atoms with E-state index in [9.17, 15) is 22.8 Å². The monoisotopic (exact) mass is 613 g/mol. The summed E-state index contributed by atoms with van der Waals surface area (Å²) in [6, 6.07) is 18.8. The van der Waals surface area contributed by atoms with E-state index >= 15 is 0 Å². The Balaban J connectivity index is 1.35. The van der Waals surface area contributed by atoms with Crippen molar-refractivity contribution in [1.82, 2.24) is 20.3 Å². The van der Waals surface area contributed by atoms with Crippen LogP contribution in [0.25, 0.3) is 0 Å². The van der Waals surface area contributed by atoms with Crippen molar-refractivity contribution in [3.05, 3.63) is 83.4 Å². The van der Waals surface area contributed by atoms with E-state index in [4.69, 9.17) is 21.4 Å². The van der Waals surface area contributed by atoms with Crippen molar-refractivity contribution in [3.8, 4) is 11.5 Å². The van der Waals surface area contributed by atoms with Gasteiger partial charge >= 0.3 is 6.03 Å². The summed E-state index contributed by atoms with van der Waals surface area (Å²) in [7, 11) is -3.74. The molecule has 2 aliphatic rings. The number of benzene rings is 3. The molecule has 14 heteroatoms. The number of piperazine rings is 1. The second kappa shape index (κ2) is 12.1. The number of nitrogens with zero attached hydrogens (tertiary/aromatic N) is 2. The molecule has 4 N–H and O–H groups in total. The summed E-state index contributed by atoms with van der Waals surface area (Å²) in [5, 5.41) is 14.0. The molecule has 0 aromatic heterocycles. The predicted octanol–water partition coefficient (Wildman–Crippen LogP) is 1.79. The topological polar surface area (TPSA) is 157 Å². The summed E-state index contributed by atoms with van der Waals surface area (Å²) in [6.45, 7) is 1.02. The van der Waals surface area contributed by atoms with Crippen molar-refractivity contribution in [2.75, 3.05) is 44.2 Å². The number of carbonyl (C=O) groups excluding carboxylic acids is 3. The number of hydrogen-bond donors (Lipinski definition) is 4. The van der Waals surface area contributed by atoms with Gasteiger partial charge in [0.2, 0.25) is 15.6 Å². The smallest absolute Gasteiger partial charge is 0.328 e. The van der Waals surface area contributed by atoms with Crippen LogP contribution in [0.2, 0.25) is 5.02 Å². The Bertz CT molecular complexity index is 1550. The molecule has 220 valence electrons. The lowest BCUT2D eigenvalue weighted by Gasteiger charge is -2.47. The molecule has 4 amide bonds. The first-order valence-corrected chi connectivity index (χ1v) is 14.9. The number of aliphatic hydroxyl groups is 1. The summed E-state index contributed by atoms with van der Waals surface area (Å²) in [5.41, 5.74) is -0.664. The molecule has 5 rings (SSSR count). The van der Waals surface area contributed by atoms with E-state index in [1.807, 2.05) is 4.90 Å². The molecule has 42 heavy (non-hydrogen) atoms. The van der Waals surface area contributed by atoms with Crippen LogP contribution < -0.4 is 25.0 Å². The SMILES string of the molecule is O=C1NC(=O)C(c2ccc(Oc3ccc(Cl)cc3)cc2)(N2CCN(c3ccc(S(=O)(=O)NCCO)cc3)CC2)C(=O)N1. The molecule has 2 fully saturated rings. The fourth-order valence-electron chi connectivity index (χ4n) is 5.06. The number of halogens is 1. The Hall–Kier alpha value is -4.01. The molecule has 0 unspecified atom stereocenters. The summed E-state index contributed by atoms with van der Waals surface area (Å²) in [6.07, 6.45) is 0. The van der Waals surface area contributed by atoms with Gasteiger partial charge in [-0.2, -0.15) is 0 Å². The summed E-state index contributed by atoms with van der Waals surface area (Å²) in [4.78, 5) is 42.7. The number of nitrogens with one attached hydrogen (secondary N) is 3. The largest absolute Gasteiger partial charge is 0.457 e. The molecule has 3 aromatic carbocycles. The first kappa shape index (κ1) is 29.5. The van der Waals surface area contributed by atoms with Crippen LogP contribution in [0.4, 0.5) is 10.5 Å². The van der Waals surface area contributed by atoms with Gasteiger partial charge < -0.3 is 14.7 Å². The van der Waals surface area contributed by atoms with Crippen LogP contribution in [0.1, 0.15) is 5.56 Å². The zero-order chi connectivity index (χ0) is 29.9.